The van der Waals surface area contributed by atoms with Crippen LogP contribution < -0.4 is 0 Å². The zero-order chi connectivity index (χ0) is 12.3. The highest BCUT2D eigenvalue weighted by Gasteiger charge is 2.05. The van der Waals surface area contributed by atoms with E-state index in [-0.39, 0.29) is 0 Å². The quantitative estimate of drug-likeness (QED) is 0.642. The minimum atomic E-state index is 0.787. The van der Waals surface area contributed by atoms with Gasteiger partial charge >= 0.3 is 0 Å². The Morgan fingerprint density at radius 3 is 2.88 bits per heavy atom. The molecule has 1 N–H and O–H groups in total. The van der Waals surface area contributed by atoms with Gasteiger partial charge in [-0.3, -0.25) is 0 Å². The maximum absolute atomic E-state index is 5.34. The summed E-state index contributed by atoms with van der Waals surface area (Å²) in [6.45, 7) is 5.20. The number of fused-ring (bicyclic) bond motifs is 1. The molecule has 0 aromatic carbocycles. The summed E-state index contributed by atoms with van der Waals surface area (Å²) in [5.41, 5.74) is 3.07. The van der Waals surface area contributed by atoms with Gasteiger partial charge in [0.1, 0.15) is 0 Å². The number of H-pyrrole nitrogens is 1. The predicted molar refractivity (Wildman–Crippen MR) is 73.8 cm³/mol. The Labute approximate surface area is 107 Å². The highest BCUT2D eigenvalue weighted by molar-refractivity contribution is 7.71. The topological polar surface area (TPSA) is 33.6 Å². The molecule has 3 nitrogen and oxygen atoms in total. The average Bonchev–Trinajstić information content (AvgIpc) is 2.61. The minimum absolute atomic E-state index is 0.787. The standard InChI is InChI=1S/C13H19N3S/c1-3-4-5-6-9-16-12-11(15-13(16)17)8-7-10(2)14-12/h7-8H,3-6,9H2,1-2H3,(H,15,17). The lowest BCUT2D eigenvalue weighted by Gasteiger charge is -2.03. The summed E-state index contributed by atoms with van der Waals surface area (Å²) in [5, 5.41) is 0. The van der Waals surface area contributed by atoms with E-state index in [1.807, 2.05) is 13.0 Å². The first-order valence-electron chi connectivity index (χ1n) is 6.28. The summed E-state index contributed by atoms with van der Waals surface area (Å²) in [5.74, 6) is 0. The van der Waals surface area contributed by atoms with E-state index in [4.69, 9.17) is 12.2 Å². The van der Waals surface area contributed by atoms with Crippen LogP contribution in [0.25, 0.3) is 11.2 Å². The largest absolute Gasteiger partial charge is 0.329 e. The highest BCUT2D eigenvalue weighted by Crippen LogP contribution is 2.14. The van der Waals surface area contributed by atoms with E-state index in [0.29, 0.717) is 0 Å². The minimum Gasteiger partial charge on any atom is -0.329 e. The number of imidazole rings is 1. The SMILES string of the molecule is CCCCCCn1c(=S)[nH]c2ccc(C)nc21. The predicted octanol–water partition coefficient (Wildman–Crippen LogP) is 3.98. The van der Waals surface area contributed by atoms with Crippen molar-refractivity contribution in [3.05, 3.63) is 22.6 Å². The van der Waals surface area contributed by atoms with Gasteiger partial charge in [0.05, 0.1) is 5.52 Å². The first kappa shape index (κ1) is 12.3. The molecule has 2 aromatic rings. The van der Waals surface area contributed by atoms with Crippen LogP contribution in [0, 0.1) is 11.7 Å². The third-order valence-corrected chi connectivity index (χ3v) is 3.31. The van der Waals surface area contributed by atoms with E-state index in [1.54, 1.807) is 0 Å². The molecule has 4 heteroatoms. The Hall–Kier alpha value is -1.16. The molecule has 0 bridgehead atoms. The molecule has 2 rings (SSSR count). The second kappa shape index (κ2) is 5.45. The van der Waals surface area contributed by atoms with Gasteiger partial charge in [0.15, 0.2) is 10.4 Å². The summed E-state index contributed by atoms with van der Waals surface area (Å²) < 4.78 is 2.91. The Bertz CT molecular complexity index is 553. The number of aromatic nitrogens is 3. The lowest BCUT2D eigenvalue weighted by Crippen LogP contribution is -1.99. The molecule has 17 heavy (non-hydrogen) atoms. The fourth-order valence-corrected chi connectivity index (χ4v) is 2.32. The second-order valence-electron chi connectivity index (χ2n) is 4.47. The number of rotatable bonds is 5. The second-order valence-corrected chi connectivity index (χ2v) is 4.85. The van der Waals surface area contributed by atoms with Crippen molar-refractivity contribution in [1.29, 1.82) is 0 Å². The maximum Gasteiger partial charge on any atom is 0.179 e. The molecule has 0 fully saturated rings. The van der Waals surface area contributed by atoms with Crippen LogP contribution in [0.2, 0.25) is 0 Å². The summed E-state index contributed by atoms with van der Waals surface area (Å²) in [7, 11) is 0. The van der Waals surface area contributed by atoms with E-state index in [2.05, 4.69) is 27.5 Å². The smallest absolute Gasteiger partial charge is 0.179 e. The number of aromatic amines is 1. The van der Waals surface area contributed by atoms with Crippen molar-refractivity contribution in [2.45, 2.75) is 46.1 Å². The fraction of sp³-hybridized carbons (Fsp3) is 0.538. The summed E-state index contributed by atoms with van der Waals surface area (Å²) in [6, 6.07) is 4.06. The lowest BCUT2D eigenvalue weighted by atomic mass is 10.2. The lowest BCUT2D eigenvalue weighted by molar-refractivity contribution is 0.585. The first-order chi connectivity index (χ1) is 8.22. The van der Waals surface area contributed by atoms with E-state index in [1.165, 1.54) is 25.7 Å². The number of hydrogen-bond donors (Lipinski definition) is 1. The molecule has 2 aromatic heterocycles. The van der Waals surface area contributed by atoms with Crippen LogP contribution in [0.4, 0.5) is 0 Å². The van der Waals surface area contributed by atoms with Gasteiger partial charge in [0.25, 0.3) is 0 Å². The highest BCUT2D eigenvalue weighted by atomic mass is 32.1. The number of pyridine rings is 1. The molecule has 0 aliphatic heterocycles. The molecule has 0 spiro atoms. The number of unbranched alkanes of at least 4 members (excludes halogenated alkanes) is 3. The van der Waals surface area contributed by atoms with E-state index < -0.39 is 0 Å². The third-order valence-electron chi connectivity index (χ3n) is 2.99. The normalized spacial score (nSPS) is 11.2. The van der Waals surface area contributed by atoms with Crippen LogP contribution in [0.5, 0.6) is 0 Å². The molecule has 0 saturated heterocycles. The Kier molecular flexibility index (Phi) is 3.94. The molecule has 0 amide bonds. The zero-order valence-electron chi connectivity index (χ0n) is 10.5. The summed E-state index contributed by atoms with van der Waals surface area (Å²) in [4.78, 5) is 7.77. The van der Waals surface area contributed by atoms with Gasteiger partial charge in [-0.05, 0) is 37.7 Å². The van der Waals surface area contributed by atoms with Crippen LogP contribution in [-0.2, 0) is 6.54 Å². The number of aryl methyl sites for hydroxylation is 2. The molecule has 2 heterocycles. The molecule has 0 atom stereocenters. The van der Waals surface area contributed by atoms with Crippen molar-refractivity contribution in [2.24, 2.45) is 0 Å². The van der Waals surface area contributed by atoms with E-state index >= 15 is 0 Å². The number of hydrogen-bond acceptors (Lipinski definition) is 2. The molecule has 0 radical (unpaired) electrons. The molecule has 0 saturated carbocycles. The van der Waals surface area contributed by atoms with Gasteiger partial charge in [-0.25, -0.2) is 4.98 Å². The van der Waals surface area contributed by atoms with Crippen LogP contribution in [0.1, 0.15) is 38.3 Å². The number of nitrogens with zero attached hydrogens (tertiary/aromatic N) is 2. The fourth-order valence-electron chi connectivity index (χ4n) is 2.03. The van der Waals surface area contributed by atoms with Crippen molar-refractivity contribution >= 4 is 23.4 Å². The van der Waals surface area contributed by atoms with Crippen LogP contribution in [-0.4, -0.2) is 14.5 Å². The maximum atomic E-state index is 5.34. The van der Waals surface area contributed by atoms with Crippen LogP contribution in [0.3, 0.4) is 0 Å². The van der Waals surface area contributed by atoms with Gasteiger partial charge in [-0.15, -0.1) is 0 Å². The molecular weight excluding hydrogens is 230 g/mol. The van der Waals surface area contributed by atoms with Gasteiger partial charge in [-0.2, -0.15) is 0 Å². The molecular formula is C13H19N3S. The van der Waals surface area contributed by atoms with Crippen molar-refractivity contribution < 1.29 is 0 Å². The summed E-state index contributed by atoms with van der Waals surface area (Å²) in [6.07, 6.45) is 4.99. The number of nitrogens with one attached hydrogen (secondary N) is 1. The molecule has 0 aliphatic carbocycles. The van der Waals surface area contributed by atoms with Gasteiger partial charge in [0.2, 0.25) is 0 Å². The molecule has 0 aliphatic rings. The Morgan fingerprint density at radius 1 is 1.29 bits per heavy atom. The summed E-state index contributed by atoms with van der Waals surface area (Å²) >= 11 is 5.34. The Balaban J connectivity index is 2.23. The van der Waals surface area contributed by atoms with Crippen molar-refractivity contribution in [1.82, 2.24) is 14.5 Å². The molecule has 92 valence electrons. The van der Waals surface area contributed by atoms with Crippen molar-refractivity contribution in [3.8, 4) is 0 Å². The van der Waals surface area contributed by atoms with Gasteiger partial charge < -0.3 is 9.55 Å². The molecule has 0 unspecified atom stereocenters. The monoisotopic (exact) mass is 249 g/mol. The van der Waals surface area contributed by atoms with Gasteiger partial charge in [-0.1, -0.05) is 26.2 Å². The van der Waals surface area contributed by atoms with Crippen molar-refractivity contribution in [3.63, 3.8) is 0 Å². The zero-order valence-corrected chi connectivity index (χ0v) is 11.3. The van der Waals surface area contributed by atoms with E-state index in [0.717, 1.165) is 28.2 Å². The first-order valence-corrected chi connectivity index (χ1v) is 6.69. The van der Waals surface area contributed by atoms with Crippen LogP contribution >= 0.6 is 12.2 Å². The van der Waals surface area contributed by atoms with Gasteiger partial charge in [0, 0.05) is 12.2 Å². The van der Waals surface area contributed by atoms with Crippen molar-refractivity contribution in [2.75, 3.05) is 0 Å². The Morgan fingerprint density at radius 2 is 2.12 bits per heavy atom. The average molecular weight is 249 g/mol. The third kappa shape index (κ3) is 2.75. The van der Waals surface area contributed by atoms with Crippen LogP contribution in [0.15, 0.2) is 12.1 Å². The van der Waals surface area contributed by atoms with E-state index in [9.17, 15) is 0 Å².